The van der Waals surface area contributed by atoms with E-state index in [0.29, 0.717) is 6.04 Å². The van der Waals surface area contributed by atoms with E-state index in [9.17, 15) is 0 Å². The molecule has 2 aromatic rings. The summed E-state index contributed by atoms with van der Waals surface area (Å²) in [5, 5.41) is 4.20. The van der Waals surface area contributed by atoms with Gasteiger partial charge in [-0.1, -0.05) is 41.9 Å². The quantitative estimate of drug-likeness (QED) is 0.875. The lowest BCUT2D eigenvalue weighted by Crippen LogP contribution is -2.30. The Labute approximate surface area is 125 Å². The molecule has 2 aromatic carbocycles. The molecule has 0 aromatic heterocycles. The van der Waals surface area contributed by atoms with Gasteiger partial charge >= 0.3 is 0 Å². The molecule has 0 saturated carbocycles. The number of likely N-dealkylation sites (N-methyl/N-ethyl adjacent to an activating group) is 1. The van der Waals surface area contributed by atoms with Crippen molar-refractivity contribution in [2.75, 3.05) is 14.2 Å². The van der Waals surface area contributed by atoms with Crippen molar-refractivity contribution >= 4 is 11.6 Å². The van der Waals surface area contributed by atoms with Gasteiger partial charge in [0.25, 0.3) is 0 Å². The number of hydrogen-bond acceptors (Lipinski definition) is 2. The summed E-state index contributed by atoms with van der Waals surface area (Å²) in [5.74, 6) is 0.890. The van der Waals surface area contributed by atoms with Crippen LogP contribution in [0, 0.1) is 0 Å². The zero-order valence-corrected chi connectivity index (χ0v) is 12.7. The number of nitrogens with one attached hydrogen (secondary N) is 1. The Hall–Kier alpha value is -1.51. The van der Waals surface area contributed by atoms with Crippen LogP contribution in [0.3, 0.4) is 0 Å². The Morgan fingerprint density at radius 3 is 2.35 bits per heavy atom. The van der Waals surface area contributed by atoms with E-state index in [0.717, 1.165) is 23.6 Å². The van der Waals surface area contributed by atoms with E-state index in [1.807, 2.05) is 37.4 Å². The average molecular weight is 290 g/mol. The molecule has 0 aliphatic heterocycles. The van der Waals surface area contributed by atoms with Gasteiger partial charge in [0.15, 0.2) is 0 Å². The van der Waals surface area contributed by atoms with Crippen molar-refractivity contribution in [2.45, 2.75) is 18.9 Å². The third kappa shape index (κ3) is 3.99. The van der Waals surface area contributed by atoms with Crippen LogP contribution >= 0.6 is 11.6 Å². The second-order valence-corrected chi connectivity index (χ2v) is 5.24. The fourth-order valence-corrected chi connectivity index (χ4v) is 2.46. The largest absolute Gasteiger partial charge is 0.497 e. The second-order valence-electron chi connectivity index (χ2n) is 4.83. The molecular formula is C17H20ClNO. The predicted octanol–water partition coefficient (Wildman–Crippen LogP) is 3.72. The van der Waals surface area contributed by atoms with Gasteiger partial charge in [-0.2, -0.15) is 0 Å². The van der Waals surface area contributed by atoms with Crippen LogP contribution in [0.1, 0.15) is 11.1 Å². The summed E-state index contributed by atoms with van der Waals surface area (Å²) >= 11 is 6.22. The Bertz CT molecular complexity index is 539. The van der Waals surface area contributed by atoms with Gasteiger partial charge in [0.05, 0.1) is 7.11 Å². The van der Waals surface area contributed by atoms with Gasteiger partial charge in [-0.05, 0) is 49.2 Å². The first kappa shape index (κ1) is 14.9. The zero-order valence-electron chi connectivity index (χ0n) is 11.9. The molecule has 106 valence electrons. The number of halogens is 1. The van der Waals surface area contributed by atoms with E-state index in [1.165, 1.54) is 11.1 Å². The van der Waals surface area contributed by atoms with Gasteiger partial charge in [0, 0.05) is 11.1 Å². The minimum absolute atomic E-state index is 0.364. The summed E-state index contributed by atoms with van der Waals surface area (Å²) < 4.78 is 5.18. The molecule has 0 bridgehead atoms. The van der Waals surface area contributed by atoms with Crippen LogP contribution in [0.25, 0.3) is 0 Å². The molecule has 0 saturated heterocycles. The molecule has 0 spiro atoms. The van der Waals surface area contributed by atoms with Crippen molar-refractivity contribution in [3.63, 3.8) is 0 Å². The highest BCUT2D eigenvalue weighted by Gasteiger charge is 2.10. The molecule has 0 aliphatic carbocycles. The SMILES string of the molecule is CNC(Cc1ccc(OC)cc1)Cc1ccccc1Cl. The normalized spacial score (nSPS) is 12.2. The Kier molecular flexibility index (Phi) is 5.45. The van der Waals surface area contributed by atoms with Crippen LogP contribution in [0.4, 0.5) is 0 Å². The monoisotopic (exact) mass is 289 g/mol. The second kappa shape index (κ2) is 7.32. The number of rotatable bonds is 6. The number of methoxy groups -OCH3 is 1. The predicted molar refractivity (Wildman–Crippen MR) is 84.7 cm³/mol. The lowest BCUT2D eigenvalue weighted by atomic mass is 9.99. The van der Waals surface area contributed by atoms with E-state index in [2.05, 4.69) is 23.5 Å². The molecule has 0 radical (unpaired) electrons. The number of benzene rings is 2. The van der Waals surface area contributed by atoms with Crippen molar-refractivity contribution in [1.82, 2.24) is 5.32 Å². The Balaban J connectivity index is 2.03. The Morgan fingerprint density at radius 1 is 1.05 bits per heavy atom. The van der Waals surface area contributed by atoms with Gasteiger partial charge in [-0.15, -0.1) is 0 Å². The molecule has 1 atom stereocenters. The minimum atomic E-state index is 0.364. The van der Waals surface area contributed by atoms with Crippen LogP contribution in [-0.4, -0.2) is 20.2 Å². The lowest BCUT2D eigenvalue weighted by Gasteiger charge is -2.17. The maximum absolute atomic E-state index is 6.22. The third-order valence-corrected chi connectivity index (χ3v) is 3.84. The van der Waals surface area contributed by atoms with Crippen LogP contribution in [0.5, 0.6) is 5.75 Å². The van der Waals surface area contributed by atoms with E-state index < -0.39 is 0 Å². The highest BCUT2D eigenvalue weighted by molar-refractivity contribution is 6.31. The summed E-state index contributed by atoms with van der Waals surface area (Å²) in [5.41, 5.74) is 2.47. The molecule has 0 aliphatic rings. The zero-order chi connectivity index (χ0) is 14.4. The van der Waals surface area contributed by atoms with Gasteiger partial charge in [-0.25, -0.2) is 0 Å². The molecule has 2 rings (SSSR count). The highest BCUT2D eigenvalue weighted by Crippen LogP contribution is 2.19. The molecular weight excluding hydrogens is 270 g/mol. The maximum atomic E-state index is 6.22. The van der Waals surface area contributed by atoms with Crippen LogP contribution in [-0.2, 0) is 12.8 Å². The number of hydrogen-bond donors (Lipinski definition) is 1. The van der Waals surface area contributed by atoms with E-state index in [1.54, 1.807) is 7.11 Å². The molecule has 0 amide bonds. The fraction of sp³-hybridized carbons (Fsp3) is 0.294. The summed E-state index contributed by atoms with van der Waals surface area (Å²) in [4.78, 5) is 0. The van der Waals surface area contributed by atoms with Crippen molar-refractivity contribution in [3.05, 3.63) is 64.7 Å². The van der Waals surface area contributed by atoms with E-state index >= 15 is 0 Å². The first-order valence-electron chi connectivity index (χ1n) is 6.76. The molecule has 0 fully saturated rings. The highest BCUT2D eigenvalue weighted by atomic mass is 35.5. The lowest BCUT2D eigenvalue weighted by molar-refractivity contribution is 0.414. The smallest absolute Gasteiger partial charge is 0.118 e. The minimum Gasteiger partial charge on any atom is -0.497 e. The average Bonchev–Trinajstić information content (AvgIpc) is 2.49. The third-order valence-electron chi connectivity index (χ3n) is 3.47. The van der Waals surface area contributed by atoms with Crippen LogP contribution in [0.2, 0.25) is 5.02 Å². The Morgan fingerprint density at radius 2 is 1.75 bits per heavy atom. The molecule has 20 heavy (non-hydrogen) atoms. The molecule has 0 heterocycles. The van der Waals surface area contributed by atoms with Gasteiger partial charge in [-0.3, -0.25) is 0 Å². The summed E-state index contributed by atoms with van der Waals surface area (Å²) in [6, 6.07) is 16.6. The number of ether oxygens (including phenoxy) is 1. The van der Waals surface area contributed by atoms with E-state index in [4.69, 9.17) is 16.3 Å². The molecule has 1 unspecified atom stereocenters. The van der Waals surface area contributed by atoms with Gasteiger partial charge in [0.2, 0.25) is 0 Å². The topological polar surface area (TPSA) is 21.3 Å². The van der Waals surface area contributed by atoms with Crippen molar-refractivity contribution in [1.29, 1.82) is 0 Å². The summed E-state index contributed by atoms with van der Waals surface area (Å²) in [7, 11) is 3.67. The van der Waals surface area contributed by atoms with Crippen molar-refractivity contribution in [3.8, 4) is 5.75 Å². The standard InChI is InChI=1S/C17H20ClNO/c1-19-15(12-14-5-3-4-6-17(14)18)11-13-7-9-16(20-2)10-8-13/h3-10,15,19H,11-12H2,1-2H3. The first-order valence-corrected chi connectivity index (χ1v) is 7.14. The van der Waals surface area contributed by atoms with Gasteiger partial charge in [0.1, 0.15) is 5.75 Å². The summed E-state index contributed by atoms with van der Waals surface area (Å²) in [6.07, 6.45) is 1.88. The molecule has 3 heteroatoms. The first-order chi connectivity index (χ1) is 9.72. The maximum Gasteiger partial charge on any atom is 0.118 e. The van der Waals surface area contributed by atoms with E-state index in [-0.39, 0.29) is 0 Å². The van der Waals surface area contributed by atoms with Crippen molar-refractivity contribution in [2.24, 2.45) is 0 Å². The summed E-state index contributed by atoms with van der Waals surface area (Å²) in [6.45, 7) is 0. The van der Waals surface area contributed by atoms with Crippen LogP contribution < -0.4 is 10.1 Å². The van der Waals surface area contributed by atoms with Crippen molar-refractivity contribution < 1.29 is 4.74 Å². The molecule has 2 nitrogen and oxygen atoms in total. The van der Waals surface area contributed by atoms with Crippen LogP contribution in [0.15, 0.2) is 48.5 Å². The van der Waals surface area contributed by atoms with Gasteiger partial charge < -0.3 is 10.1 Å². The molecule has 1 N–H and O–H groups in total. The fourth-order valence-electron chi connectivity index (χ4n) is 2.25.